The molecule has 1 unspecified atom stereocenters. The summed E-state index contributed by atoms with van der Waals surface area (Å²) in [4.78, 5) is 4.70. The largest absolute Gasteiger partial charge is 0.493 e. The molecule has 1 atom stereocenters. The first-order valence-corrected chi connectivity index (χ1v) is 8.58. The zero-order valence-electron chi connectivity index (χ0n) is 14.5. The van der Waals surface area contributed by atoms with Gasteiger partial charge in [0.25, 0.3) is 0 Å². The first kappa shape index (κ1) is 15.9. The predicted octanol–water partition coefficient (Wildman–Crippen LogP) is 2.88. The van der Waals surface area contributed by atoms with Gasteiger partial charge in [0, 0.05) is 29.8 Å². The van der Waals surface area contributed by atoms with Crippen LogP contribution in [0.2, 0.25) is 0 Å². The number of ether oxygens (including phenoxy) is 2. The summed E-state index contributed by atoms with van der Waals surface area (Å²) in [5, 5.41) is 8.14. The molecule has 0 amide bonds. The molecule has 3 aromatic rings. The molecule has 0 aliphatic carbocycles. The van der Waals surface area contributed by atoms with Crippen molar-refractivity contribution in [3.05, 3.63) is 42.4 Å². The Labute approximate surface area is 146 Å². The Morgan fingerprint density at radius 2 is 2.08 bits per heavy atom. The predicted molar refractivity (Wildman–Crippen MR) is 96.4 cm³/mol. The van der Waals surface area contributed by atoms with Gasteiger partial charge in [-0.2, -0.15) is 5.10 Å². The summed E-state index contributed by atoms with van der Waals surface area (Å²) >= 11 is 0. The van der Waals surface area contributed by atoms with Crippen molar-refractivity contribution in [2.45, 2.75) is 18.8 Å². The number of aromatic nitrogens is 3. The zero-order chi connectivity index (χ0) is 17.2. The lowest BCUT2D eigenvalue weighted by Gasteiger charge is -2.19. The molecule has 4 rings (SSSR count). The van der Waals surface area contributed by atoms with Crippen LogP contribution in [0.15, 0.2) is 36.5 Å². The normalized spacial score (nSPS) is 17.6. The number of nitrogens with zero attached hydrogens (tertiary/aromatic N) is 3. The second-order valence-corrected chi connectivity index (χ2v) is 6.27. The lowest BCUT2D eigenvalue weighted by Crippen LogP contribution is -2.28. The van der Waals surface area contributed by atoms with E-state index in [0.29, 0.717) is 11.7 Å². The number of pyridine rings is 1. The highest BCUT2D eigenvalue weighted by Crippen LogP contribution is 2.37. The minimum Gasteiger partial charge on any atom is -0.493 e. The van der Waals surface area contributed by atoms with E-state index in [1.807, 2.05) is 41.0 Å². The summed E-state index contributed by atoms with van der Waals surface area (Å²) in [7, 11) is 3.30. The van der Waals surface area contributed by atoms with Crippen LogP contribution in [0.5, 0.6) is 11.5 Å². The lowest BCUT2D eigenvalue weighted by molar-refractivity contribution is 0.356. The SMILES string of the molecule is COc1cccc(-c2ccc3nc(C4CCCNC4)nn3c2)c1OC. The zero-order valence-corrected chi connectivity index (χ0v) is 14.5. The number of fused-ring (bicyclic) bond motifs is 1. The van der Waals surface area contributed by atoms with E-state index in [2.05, 4.69) is 5.32 Å². The highest BCUT2D eigenvalue weighted by Gasteiger charge is 2.20. The van der Waals surface area contributed by atoms with Crippen LogP contribution in [0.1, 0.15) is 24.6 Å². The fourth-order valence-electron chi connectivity index (χ4n) is 3.42. The highest BCUT2D eigenvalue weighted by molar-refractivity contribution is 5.74. The monoisotopic (exact) mass is 338 g/mol. The molecule has 1 N–H and O–H groups in total. The molecule has 6 nitrogen and oxygen atoms in total. The third-order valence-corrected chi connectivity index (χ3v) is 4.72. The van der Waals surface area contributed by atoms with E-state index in [1.54, 1.807) is 14.2 Å². The van der Waals surface area contributed by atoms with Gasteiger partial charge < -0.3 is 14.8 Å². The van der Waals surface area contributed by atoms with Gasteiger partial charge in [0.15, 0.2) is 23.0 Å². The van der Waals surface area contributed by atoms with Gasteiger partial charge in [-0.15, -0.1) is 0 Å². The molecule has 3 heterocycles. The van der Waals surface area contributed by atoms with Crippen LogP contribution in [0.3, 0.4) is 0 Å². The smallest absolute Gasteiger partial charge is 0.168 e. The molecule has 1 aromatic carbocycles. The van der Waals surface area contributed by atoms with Crippen molar-refractivity contribution in [3.63, 3.8) is 0 Å². The molecule has 25 heavy (non-hydrogen) atoms. The van der Waals surface area contributed by atoms with E-state index in [-0.39, 0.29) is 0 Å². The molecule has 1 aliphatic heterocycles. The van der Waals surface area contributed by atoms with Crippen molar-refractivity contribution in [3.8, 4) is 22.6 Å². The number of piperidine rings is 1. The number of benzene rings is 1. The van der Waals surface area contributed by atoms with Crippen LogP contribution >= 0.6 is 0 Å². The molecular formula is C19H22N4O2. The fourth-order valence-corrected chi connectivity index (χ4v) is 3.42. The fraction of sp³-hybridized carbons (Fsp3) is 0.368. The molecule has 0 radical (unpaired) electrons. The summed E-state index contributed by atoms with van der Waals surface area (Å²) in [6.07, 6.45) is 4.31. The van der Waals surface area contributed by atoms with E-state index in [4.69, 9.17) is 19.6 Å². The number of para-hydroxylation sites is 1. The number of nitrogens with one attached hydrogen (secondary N) is 1. The Kier molecular flexibility index (Phi) is 4.28. The van der Waals surface area contributed by atoms with Crippen LogP contribution in [-0.2, 0) is 0 Å². The molecule has 0 bridgehead atoms. The van der Waals surface area contributed by atoms with E-state index < -0.39 is 0 Å². The van der Waals surface area contributed by atoms with Gasteiger partial charge in [-0.25, -0.2) is 9.50 Å². The molecule has 2 aromatic heterocycles. The van der Waals surface area contributed by atoms with Crippen molar-refractivity contribution in [2.75, 3.05) is 27.3 Å². The Balaban J connectivity index is 1.74. The Morgan fingerprint density at radius 3 is 2.84 bits per heavy atom. The highest BCUT2D eigenvalue weighted by atomic mass is 16.5. The van der Waals surface area contributed by atoms with E-state index in [0.717, 1.165) is 47.9 Å². The average Bonchev–Trinajstić information content (AvgIpc) is 3.11. The summed E-state index contributed by atoms with van der Waals surface area (Å²) in [5.41, 5.74) is 2.85. The third kappa shape index (κ3) is 2.93. The van der Waals surface area contributed by atoms with Gasteiger partial charge in [0.05, 0.1) is 14.2 Å². The van der Waals surface area contributed by atoms with Crippen molar-refractivity contribution in [1.29, 1.82) is 0 Å². The van der Waals surface area contributed by atoms with Crippen LogP contribution in [0.25, 0.3) is 16.8 Å². The van der Waals surface area contributed by atoms with Crippen LogP contribution in [0, 0.1) is 0 Å². The minimum absolute atomic E-state index is 0.392. The molecule has 6 heteroatoms. The maximum absolute atomic E-state index is 5.56. The topological polar surface area (TPSA) is 60.7 Å². The molecule has 1 saturated heterocycles. The molecule has 130 valence electrons. The lowest BCUT2D eigenvalue weighted by atomic mass is 9.99. The van der Waals surface area contributed by atoms with Crippen molar-refractivity contribution >= 4 is 5.65 Å². The van der Waals surface area contributed by atoms with Gasteiger partial charge in [-0.05, 0) is 37.6 Å². The average molecular weight is 338 g/mol. The quantitative estimate of drug-likeness (QED) is 0.793. The van der Waals surface area contributed by atoms with Crippen LogP contribution in [-0.4, -0.2) is 41.9 Å². The van der Waals surface area contributed by atoms with Crippen LogP contribution in [0.4, 0.5) is 0 Å². The molecule has 1 aliphatic rings. The molecule has 0 saturated carbocycles. The first-order chi connectivity index (χ1) is 12.3. The van der Waals surface area contributed by atoms with Crippen molar-refractivity contribution < 1.29 is 9.47 Å². The second kappa shape index (κ2) is 6.72. The second-order valence-electron chi connectivity index (χ2n) is 6.27. The van der Waals surface area contributed by atoms with Gasteiger partial charge in [0.1, 0.15) is 0 Å². The van der Waals surface area contributed by atoms with Gasteiger partial charge in [-0.3, -0.25) is 0 Å². The van der Waals surface area contributed by atoms with Crippen molar-refractivity contribution in [2.24, 2.45) is 0 Å². The maximum atomic E-state index is 5.56. The number of hydrogen-bond donors (Lipinski definition) is 1. The molecule has 1 fully saturated rings. The summed E-state index contributed by atoms with van der Waals surface area (Å²) in [6.45, 7) is 2.04. The van der Waals surface area contributed by atoms with Gasteiger partial charge >= 0.3 is 0 Å². The van der Waals surface area contributed by atoms with Gasteiger partial charge in [-0.1, -0.05) is 12.1 Å². The third-order valence-electron chi connectivity index (χ3n) is 4.72. The summed E-state index contributed by atoms with van der Waals surface area (Å²) in [5.74, 6) is 2.75. The molecular weight excluding hydrogens is 316 g/mol. The maximum Gasteiger partial charge on any atom is 0.168 e. The van der Waals surface area contributed by atoms with Crippen molar-refractivity contribution in [1.82, 2.24) is 19.9 Å². The summed E-state index contributed by atoms with van der Waals surface area (Å²) < 4.78 is 12.8. The Morgan fingerprint density at radius 1 is 1.16 bits per heavy atom. The Bertz CT molecular complexity index is 884. The number of methoxy groups -OCH3 is 2. The summed E-state index contributed by atoms with van der Waals surface area (Å²) in [6, 6.07) is 9.92. The van der Waals surface area contributed by atoms with Gasteiger partial charge in [0.2, 0.25) is 0 Å². The Hall–Kier alpha value is -2.60. The van der Waals surface area contributed by atoms with Crippen LogP contribution < -0.4 is 14.8 Å². The standard InChI is InChI=1S/C19H22N4O2/c1-24-16-7-3-6-15(18(16)25-2)14-8-9-17-21-19(22-23(17)12-14)13-5-4-10-20-11-13/h3,6-9,12-13,20H,4-5,10-11H2,1-2H3. The van der Waals surface area contributed by atoms with E-state index in [9.17, 15) is 0 Å². The first-order valence-electron chi connectivity index (χ1n) is 8.58. The minimum atomic E-state index is 0.392. The number of hydrogen-bond acceptors (Lipinski definition) is 5. The van der Waals surface area contributed by atoms with E-state index >= 15 is 0 Å². The van der Waals surface area contributed by atoms with E-state index in [1.165, 1.54) is 6.42 Å². The number of rotatable bonds is 4. The molecule has 0 spiro atoms.